The van der Waals surface area contributed by atoms with E-state index in [1.165, 1.54) is 11.3 Å². The summed E-state index contributed by atoms with van der Waals surface area (Å²) >= 11 is 1.36. The summed E-state index contributed by atoms with van der Waals surface area (Å²) in [5, 5.41) is 1.33. The van der Waals surface area contributed by atoms with Gasteiger partial charge in [-0.05, 0) is 24.3 Å². The summed E-state index contributed by atoms with van der Waals surface area (Å²) in [6.07, 6.45) is 1.56. The van der Waals surface area contributed by atoms with Crippen LogP contribution in [0.5, 0.6) is 5.75 Å². The van der Waals surface area contributed by atoms with Gasteiger partial charge in [-0.2, -0.15) is 0 Å². The average molecular weight is 236 g/mol. The lowest BCUT2D eigenvalue weighted by molar-refractivity contribution is 0.146. The molecule has 0 spiro atoms. The fourth-order valence-electron chi connectivity index (χ4n) is 1.26. The van der Waals surface area contributed by atoms with Crippen LogP contribution in [-0.2, 0) is 4.74 Å². The Bertz CT molecular complexity index is 470. The number of aromatic nitrogens is 1. The Kier molecular flexibility index (Phi) is 3.45. The van der Waals surface area contributed by atoms with E-state index in [2.05, 4.69) is 4.98 Å². The van der Waals surface area contributed by atoms with Crippen molar-refractivity contribution in [3.8, 4) is 16.3 Å². The van der Waals surface area contributed by atoms with Gasteiger partial charge in [-0.1, -0.05) is 0 Å². The minimum atomic E-state index is 0.473. The summed E-state index contributed by atoms with van der Waals surface area (Å²) in [5.74, 6) is 0.813. The second-order valence-corrected chi connectivity index (χ2v) is 3.98. The van der Waals surface area contributed by atoms with Crippen LogP contribution in [0.25, 0.3) is 10.6 Å². The van der Waals surface area contributed by atoms with Gasteiger partial charge in [0.25, 0.3) is 0 Å². The summed E-state index contributed by atoms with van der Waals surface area (Å²) in [6, 6.07) is 7.69. The van der Waals surface area contributed by atoms with Gasteiger partial charge in [0.2, 0.25) is 0 Å². The molecule has 0 amide bonds. The Balaban J connectivity index is 2.02. The van der Waals surface area contributed by atoms with Gasteiger partial charge >= 0.3 is 0 Å². The Morgan fingerprint density at radius 1 is 1.31 bits per heavy atom. The molecule has 0 aliphatic carbocycles. The van der Waals surface area contributed by atoms with Gasteiger partial charge in [0.1, 0.15) is 17.4 Å². The first-order valence-electron chi connectivity index (χ1n) is 5.44. The van der Waals surface area contributed by atoms with Crippen molar-refractivity contribution in [1.82, 2.24) is 4.98 Å². The van der Waals surface area contributed by atoms with E-state index in [9.17, 15) is 0 Å². The van der Waals surface area contributed by atoms with E-state index in [4.69, 9.17) is 10.8 Å². The lowest BCUT2D eigenvalue weighted by atomic mass is 10.2. The normalized spacial score (nSPS) is 11.2. The van der Waals surface area contributed by atoms with Crippen molar-refractivity contribution in [2.75, 3.05) is 20.3 Å². The molecule has 3 nitrogen and oxygen atoms in total. The van der Waals surface area contributed by atoms with Crippen molar-refractivity contribution in [3.63, 3.8) is 0 Å². The van der Waals surface area contributed by atoms with Crippen LogP contribution in [0.3, 0.4) is 0 Å². The smallest absolute Gasteiger partial charge is 0.123 e. The van der Waals surface area contributed by atoms with Crippen LogP contribution in [0, 0.1) is 0 Å². The lowest BCUT2D eigenvalue weighted by Crippen LogP contribution is -2.03. The Morgan fingerprint density at radius 3 is 2.75 bits per heavy atom. The van der Waals surface area contributed by atoms with Crippen molar-refractivity contribution in [2.24, 2.45) is 0 Å². The molecule has 0 saturated carbocycles. The zero-order valence-electron chi connectivity index (χ0n) is 9.97. The Hall–Kier alpha value is -1.39. The van der Waals surface area contributed by atoms with Crippen molar-refractivity contribution in [3.05, 3.63) is 35.8 Å². The van der Waals surface area contributed by atoms with Gasteiger partial charge in [-0.15, -0.1) is 11.3 Å². The standard InChI is InChI=1S/C12H13NO2S/c1-14-7-8-15-11-4-2-10(3-5-11)12-13-6-9-16-12/h2-6,9H,7-8H2,1H3/i9D. The summed E-state index contributed by atoms with van der Waals surface area (Å²) < 4.78 is 17.8. The molecule has 0 aliphatic rings. The molecule has 0 bridgehead atoms. The Labute approximate surface area is 100 Å². The number of hydrogen-bond donors (Lipinski definition) is 0. The van der Waals surface area contributed by atoms with Gasteiger partial charge in [-0.3, -0.25) is 0 Å². The number of thiazole rings is 1. The molecule has 0 unspecified atom stereocenters. The molecular weight excluding hydrogens is 222 g/mol. The minimum absolute atomic E-state index is 0.473. The van der Waals surface area contributed by atoms with Crippen molar-refractivity contribution < 1.29 is 10.8 Å². The van der Waals surface area contributed by atoms with E-state index in [0.717, 1.165) is 16.3 Å². The topological polar surface area (TPSA) is 31.4 Å². The number of nitrogens with zero attached hydrogens (tertiary/aromatic N) is 1. The van der Waals surface area contributed by atoms with Gasteiger partial charge < -0.3 is 9.47 Å². The molecular formula is C12H13NO2S. The first-order valence-corrected chi connectivity index (χ1v) is 5.76. The Morgan fingerprint density at radius 2 is 2.12 bits per heavy atom. The summed E-state index contributed by atoms with van der Waals surface area (Å²) in [7, 11) is 1.65. The molecule has 1 heterocycles. The highest BCUT2D eigenvalue weighted by atomic mass is 32.1. The second-order valence-electron chi connectivity index (χ2n) is 3.15. The first kappa shape index (κ1) is 9.81. The summed E-state index contributed by atoms with van der Waals surface area (Å²) in [5.41, 5.74) is 1.01. The molecule has 0 aliphatic heterocycles. The van der Waals surface area contributed by atoms with Gasteiger partial charge in [0.15, 0.2) is 0 Å². The molecule has 0 radical (unpaired) electrons. The highest BCUT2D eigenvalue weighted by Crippen LogP contribution is 2.23. The summed E-state index contributed by atoms with van der Waals surface area (Å²) in [4.78, 5) is 4.16. The van der Waals surface area contributed by atoms with Gasteiger partial charge in [-0.25, -0.2) is 4.98 Å². The lowest BCUT2D eigenvalue weighted by Gasteiger charge is -2.05. The maximum Gasteiger partial charge on any atom is 0.123 e. The number of hydrogen-bond acceptors (Lipinski definition) is 4. The molecule has 0 N–H and O–H groups in total. The first-order chi connectivity index (χ1) is 8.29. The van der Waals surface area contributed by atoms with Crippen LogP contribution < -0.4 is 4.74 Å². The maximum absolute atomic E-state index is 7.44. The third-order valence-corrected chi connectivity index (χ3v) is 2.81. The van der Waals surface area contributed by atoms with Crippen LogP contribution in [0.4, 0.5) is 0 Å². The van der Waals surface area contributed by atoms with Crippen molar-refractivity contribution >= 4 is 11.3 Å². The predicted molar refractivity (Wildman–Crippen MR) is 64.9 cm³/mol. The predicted octanol–water partition coefficient (Wildman–Crippen LogP) is 2.84. The molecule has 0 saturated heterocycles. The average Bonchev–Trinajstić information content (AvgIpc) is 2.77. The number of ether oxygens (including phenoxy) is 2. The SMILES string of the molecule is [2H]c1cnc(-c2ccc(OCCOC)cc2)s1. The third kappa shape index (κ3) is 2.81. The molecule has 1 aromatic heterocycles. The quantitative estimate of drug-likeness (QED) is 0.748. The number of rotatable bonds is 5. The highest BCUT2D eigenvalue weighted by Gasteiger charge is 2.00. The molecule has 84 valence electrons. The zero-order valence-corrected chi connectivity index (χ0v) is 9.79. The zero-order chi connectivity index (χ0) is 12.1. The van der Waals surface area contributed by atoms with E-state index in [-0.39, 0.29) is 0 Å². The molecule has 4 heteroatoms. The monoisotopic (exact) mass is 236 g/mol. The number of benzene rings is 1. The van der Waals surface area contributed by atoms with E-state index in [1.54, 1.807) is 13.3 Å². The summed E-state index contributed by atoms with van der Waals surface area (Å²) in [6.45, 7) is 1.13. The van der Waals surface area contributed by atoms with Crippen LogP contribution in [0.1, 0.15) is 1.37 Å². The van der Waals surface area contributed by atoms with Crippen LogP contribution in [-0.4, -0.2) is 25.3 Å². The minimum Gasteiger partial charge on any atom is -0.491 e. The van der Waals surface area contributed by atoms with E-state index >= 15 is 0 Å². The third-order valence-electron chi connectivity index (χ3n) is 2.05. The van der Waals surface area contributed by atoms with Crippen LogP contribution in [0.15, 0.2) is 35.8 Å². The second kappa shape index (κ2) is 5.63. The van der Waals surface area contributed by atoms with Gasteiger partial charge in [0.05, 0.1) is 7.98 Å². The van der Waals surface area contributed by atoms with Crippen LogP contribution >= 0.6 is 11.3 Å². The maximum atomic E-state index is 7.44. The fourth-order valence-corrected chi connectivity index (χ4v) is 1.84. The molecule has 0 atom stereocenters. The van der Waals surface area contributed by atoms with E-state index in [0.29, 0.717) is 18.6 Å². The van der Waals surface area contributed by atoms with E-state index in [1.807, 2.05) is 24.3 Å². The van der Waals surface area contributed by atoms with Gasteiger partial charge in [0, 0.05) is 24.2 Å². The molecule has 2 aromatic rings. The number of methoxy groups -OCH3 is 1. The molecule has 1 aromatic carbocycles. The molecule has 2 rings (SSSR count). The molecule has 0 fully saturated rings. The highest BCUT2D eigenvalue weighted by molar-refractivity contribution is 7.13. The fraction of sp³-hybridized carbons (Fsp3) is 0.250. The molecule has 16 heavy (non-hydrogen) atoms. The van der Waals surface area contributed by atoms with E-state index < -0.39 is 0 Å². The van der Waals surface area contributed by atoms with Crippen molar-refractivity contribution in [2.45, 2.75) is 0 Å². The van der Waals surface area contributed by atoms with Crippen molar-refractivity contribution in [1.29, 1.82) is 0 Å². The largest absolute Gasteiger partial charge is 0.491 e. The van der Waals surface area contributed by atoms with Crippen LogP contribution in [0.2, 0.25) is 0 Å².